The number of ether oxygens (including phenoxy) is 2. The van der Waals surface area contributed by atoms with Gasteiger partial charge in [-0.1, -0.05) is 25.1 Å². The molecule has 2 aromatic carbocycles. The maximum absolute atomic E-state index is 13.0. The lowest BCUT2D eigenvalue weighted by atomic mass is 10.0. The molecule has 1 amide bonds. The molecule has 2 heterocycles. The van der Waals surface area contributed by atoms with Crippen LogP contribution in [0.4, 0.5) is 0 Å². The maximum Gasteiger partial charge on any atom is 0.272 e. The van der Waals surface area contributed by atoms with E-state index in [1.54, 1.807) is 43.9 Å². The molecular weight excluding hydrogens is 422 g/mol. The summed E-state index contributed by atoms with van der Waals surface area (Å²) >= 11 is 1.65. The number of nitrogens with one attached hydrogen (secondary N) is 1. The number of para-hydroxylation sites is 1. The first kappa shape index (κ1) is 21.5. The molecule has 1 N–H and O–H groups in total. The van der Waals surface area contributed by atoms with Crippen LogP contribution in [0.2, 0.25) is 0 Å². The number of hydrogen-bond acceptors (Lipinski definition) is 6. The van der Waals surface area contributed by atoms with Gasteiger partial charge in [0.25, 0.3) is 5.91 Å². The van der Waals surface area contributed by atoms with Crippen LogP contribution >= 0.6 is 11.3 Å². The van der Waals surface area contributed by atoms with Crippen LogP contribution in [-0.4, -0.2) is 31.3 Å². The van der Waals surface area contributed by atoms with Gasteiger partial charge in [0.05, 0.1) is 37.2 Å². The van der Waals surface area contributed by atoms with Crippen molar-refractivity contribution in [2.45, 2.75) is 13.3 Å². The van der Waals surface area contributed by atoms with Crippen LogP contribution in [0.1, 0.15) is 27.0 Å². The fourth-order valence-corrected chi connectivity index (χ4v) is 4.20. The van der Waals surface area contributed by atoms with E-state index in [4.69, 9.17) is 14.5 Å². The molecule has 7 heteroatoms. The number of methoxy groups -OCH3 is 2. The lowest BCUT2D eigenvalue weighted by molar-refractivity contribution is 0.0956. The van der Waals surface area contributed by atoms with Gasteiger partial charge < -0.3 is 9.47 Å². The normalized spacial score (nSPS) is 11.1. The van der Waals surface area contributed by atoms with Crippen molar-refractivity contribution in [3.63, 3.8) is 0 Å². The molecule has 0 aliphatic rings. The largest absolute Gasteiger partial charge is 0.497 e. The molecule has 0 radical (unpaired) electrons. The van der Waals surface area contributed by atoms with Crippen LogP contribution in [0.3, 0.4) is 0 Å². The van der Waals surface area contributed by atoms with E-state index in [2.05, 4.69) is 23.5 Å². The average Bonchev–Trinajstić information content (AvgIpc) is 3.30. The Labute approximate surface area is 190 Å². The first-order valence-corrected chi connectivity index (χ1v) is 11.0. The Morgan fingerprint density at radius 3 is 2.69 bits per heavy atom. The Morgan fingerprint density at radius 1 is 1.09 bits per heavy atom. The Bertz CT molecular complexity index is 1300. The number of carbonyl (C=O) groups is 1. The van der Waals surface area contributed by atoms with E-state index >= 15 is 0 Å². The molecule has 0 spiro atoms. The highest BCUT2D eigenvalue weighted by Gasteiger charge is 2.16. The van der Waals surface area contributed by atoms with Crippen molar-refractivity contribution >= 4 is 34.4 Å². The number of carbonyl (C=O) groups excluding carboxylic acids is 1. The summed E-state index contributed by atoms with van der Waals surface area (Å²) in [5.74, 6) is 0.986. The predicted molar refractivity (Wildman–Crippen MR) is 129 cm³/mol. The first-order valence-electron chi connectivity index (χ1n) is 10.2. The molecule has 0 aliphatic carbocycles. The molecule has 0 bridgehead atoms. The fourth-order valence-electron chi connectivity index (χ4n) is 3.38. The minimum absolute atomic E-state index is 0.305. The van der Waals surface area contributed by atoms with E-state index in [9.17, 15) is 4.79 Å². The number of hydrazone groups is 1. The zero-order valence-corrected chi connectivity index (χ0v) is 18.9. The summed E-state index contributed by atoms with van der Waals surface area (Å²) in [6, 6.07) is 18.9. The topological polar surface area (TPSA) is 72.8 Å². The number of fused-ring (bicyclic) bond motifs is 1. The van der Waals surface area contributed by atoms with Gasteiger partial charge in [0, 0.05) is 26.8 Å². The van der Waals surface area contributed by atoms with Gasteiger partial charge >= 0.3 is 0 Å². The zero-order chi connectivity index (χ0) is 22.5. The number of aromatic nitrogens is 1. The van der Waals surface area contributed by atoms with Gasteiger partial charge in [0.15, 0.2) is 0 Å². The molecule has 4 rings (SSSR count). The molecule has 2 aromatic heterocycles. The van der Waals surface area contributed by atoms with Crippen molar-refractivity contribution < 1.29 is 14.3 Å². The molecule has 0 aliphatic heterocycles. The average molecular weight is 446 g/mol. The van der Waals surface area contributed by atoms with E-state index in [0.717, 1.165) is 22.2 Å². The van der Waals surface area contributed by atoms with Gasteiger partial charge in [-0.05, 0) is 42.8 Å². The van der Waals surface area contributed by atoms with Crippen molar-refractivity contribution in [1.29, 1.82) is 0 Å². The summed E-state index contributed by atoms with van der Waals surface area (Å²) in [6.45, 7) is 2.11. The Morgan fingerprint density at radius 2 is 1.94 bits per heavy atom. The summed E-state index contributed by atoms with van der Waals surface area (Å²) < 4.78 is 10.8. The number of thiophene rings is 1. The van der Waals surface area contributed by atoms with Gasteiger partial charge in [0.1, 0.15) is 11.5 Å². The maximum atomic E-state index is 13.0. The SMILES string of the molecule is CCc1ccc(/C=N\NC(=O)c2cc(-c3ccc(OC)cc3OC)nc3ccccc23)s1. The molecule has 6 nitrogen and oxygen atoms in total. The van der Waals surface area contributed by atoms with Gasteiger partial charge in [0.2, 0.25) is 0 Å². The van der Waals surface area contributed by atoms with Gasteiger partial charge in [-0.25, -0.2) is 10.4 Å². The number of benzene rings is 2. The van der Waals surface area contributed by atoms with Crippen LogP contribution in [0, 0.1) is 0 Å². The molecule has 0 saturated carbocycles. The molecule has 0 saturated heterocycles. The molecular formula is C25H23N3O3S. The highest BCUT2D eigenvalue weighted by molar-refractivity contribution is 7.13. The number of hydrogen-bond donors (Lipinski definition) is 1. The number of amides is 1. The summed E-state index contributed by atoms with van der Waals surface area (Å²) in [7, 11) is 3.20. The minimum Gasteiger partial charge on any atom is -0.497 e. The Balaban J connectivity index is 1.70. The Kier molecular flexibility index (Phi) is 6.47. The van der Waals surface area contributed by atoms with Crippen molar-refractivity contribution in [3.05, 3.63) is 76.0 Å². The van der Waals surface area contributed by atoms with Gasteiger partial charge in [-0.2, -0.15) is 5.10 Å². The van der Waals surface area contributed by atoms with Crippen molar-refractivity contribution in [3.8, 4) is 22.8 Å². The second-order valence-corrected chi connectivity index (χ2v) is 8.20. The van der Waals surface area contributed by atoms with Gasteiger partial charge in [-0.3, -0.25) is 4.79 Å². The third kappa shape index (κ3) is 4.48. The molecule has 4 aromatic rings. The van der Waals surface area contributed by atoms with Crippen LogP contribution in [0.5, 0.6) is 11.5 Å². The summed E-state index contributed by atoms with van der Waals surface area (Å²) in [6.07, 6.45) is 2.64. The second kappa shape index (κ2) is 9.62. The highest BCUT2D eigenvalue weighted by atomic mass is 32.1. The lowest BCUT2D eigenvalue weighted by Gasteiger charge is -2.12. The van der Waals surface area contributed by atoms with Crippen LogP contribution in [0.25, 0.3) is 22.2 Å². The highest BCUT2D eigenvalue weighted by Crippen LogP contribution is 2.34. The van der Waals surface area contributed by atoms with Gasteiger partial charge in [-0.15, -0.1) is 11.3 Å². The first-order chi connectivity index (χ1) is 15.6. The molecule has 0 atom stereocenters. The number of nitrogens with zero attached hydrogens (tertiary/aromatic N) is 2. The van der Waals surface area contributed by atoms with Crippen molar-refractivity contribution in [2.24, 2.45) is 5.10 Å². The summed E-state index contributed by atoms with van der Waals surface area (Å²) in [5.41, 5.74) is 5.24. The van der Waals surface area contributed by atoms with E-state index < -0.39 is 0 Å². The van der Waals surface area contributed by atoms with E-state index in [-0.39, 0.29) is 5.91 Å². The quantitative estimate of drug-likeness (QED) is 0.309. The van der Waals surface area contributed by atoms with Crippen molar-refractivity contribution in [2.75, 3.05) is 14.2 Å². The summed E-state index contributed by atoms with van der Waals surface area (Å²) in [4.78, 5) is 20.1. The number of aryl methyl sites for hydroxylation is 1. The monoisotopic (exact) mass is 445 g/mol. The van der Waals surface area contributed by atoms with E-state index in [1.807, 2.05) is 42.5 Å². The minimum atomic E-state index is -0.305. The lowest BCUT2D eigenvalue weighted by Crippen LogP contribution is -2.18. The Hall–Kier alpha value is -3.71. The van der Waals surface area contributed by atoms with Crippen LogP contribution in [-0.2, 0) is 6.42 Å². The van der Waals surface area contributed by atoms with Crippen LogP contribution < -0.4 is 14.9 Å². The third-order valence-electron chi connectivity index (χ3n) is 5.03. The smallest absolute Gasteiger partial charge is 0.272 e. The standard InChI is InChI=1S/C25H23N3O3S/c1-4-17-10-11-18(32-17)15-26-28-25(29)21-14-23(27-22-8-6-5-7-19(21)22)20-12-9-16(30-2)13-24(20)31-3/h5-15H,4H2,1-3H3,(H,28,29)/b26-15-. The zero-order valence-electron chi connectivity index (χ0n) is 18.1. The molecule has 32 heavy (non-hydrogen) atoms. The summed E-state index contributed by atoms with van der Waals surface area (Å²) in [5, 5.41) is 4.91. The second-order valence-electron chi connectivity index (χ2n) is 7.00. The van der Waals surface area contributed by atoms with Crippen LogP contribution in [0.15, 0.2) is 65.8 Å². The number of rotatable bonds is 7. The van der Waals surface area contributed by atoms with E-state index in [0.29, 0.717) is 28.3 Å². The number of pyridine rings is 1. The fraction of sp³-hybridized carbons (Fsp3) is 0.160. The molecule has 0 fully saturated rings. The van der Waals surface area contributed by atoms with Crippen molar-refractivity contribution in [1.82, 2.24) is 10.4 Å². The third-order valence-corrected chi connectivity index (χ3v) is 6.20. The molecule has 0 unspecified atom stereocenters. The van der Waals surface area contributed by atoms with E-state index in [1.165, 1.54) is 4.88 Å². The molecule has 162 valence electrons. The predicted octanol–water partition coefficient (Wildman–Crippen LogP) is 5.31.